The Morgan fingerprint density at radius 1 is 1.24 bits per heavy atom. The average Bonchev–Trinajstić information content (AvgIpc) is 3.44. The molecule has 1 unspecified atom stereocenters. The first-order valence-electron chi connectivity index (χ1n) is 12.5. The molecule has 0 spiro atoms. The predicted molar refractivity (Wildman–Crippen MR) is 146 cm³/mol. The molecule has 3 rings (SSSR count). The normalized spacial score (nSPS) is 15.2. The van der Waals surface area contributed by atoms with Crippen LogP contribution in [0.2, 0.25) is 18.1 Å². The van der Waals surface area contributed by atoms with Crippen molar-refractivity contribution < 1.29 is 28.0 Å². The number of thioether (sulfide) groups is 1. The van der Waals surface area contributed by atoms with Crippen LogP contribution in [-0.2, 0) is 15.3 Å². The third kappa shape index (κ3) is 6.31. The van der Waals surface area contributed by atoms with E-state index in [-0.39, 0.29) is 17.0 Å². The Morgan fingerprint density at radius 3 is 2.46 bits per heavy atom. The number of ether oxygens (including phenoxy) is 2. The van der Waals surface area contributed by atoms with Gasteiger partial charge in [0.05, 0.1) is 19.8 Å². The minimum absolute atomic E-state index is 0.0437. The van der Waals surface area contributed by atoms with Gasteiger partial charge >= 0.3 is 5.97 Å². The molecule has 1 fully saturated rings. The largest absolute Gasteiger partial charge is 0.543 e. The van der Waals surface area contributed by atoms with Gasteiger partial charge in [-0.25, -0.2) is 4.79 Å². The average molecular weight is 550 g/mol. The molecule has 1 aromatic heterocycles. The summed E-state index contributed by atoms with van der Waals surface area (Å²) >= 11 is 1.58. The van der Waals surface area contributed by atoms with Gasteiger partial charge in [0.25, 0.3) is 0 Å². The third-order valence-electron chi connectivity index (χ3n) is 7.22. The van der Waals surface area contributed by atoms with Gasteiger partial charge in [-0.3, -0.25) is 4.79 Å². The van der Waals surface area contributed by atoms with Crippen molar-refractivity contribution in [3.8, 4) is 11.5 Å². The van der Waals surface area contributed by atoms with Crippen LogP contribution in [0.5, 0.6) is 11.5 Å². The molecule has 0 radical (unpaired) electrons. The molecule has 0 saturated carbocycles. The third-order valence-corrected chi connectivity index (χ3v) is 12.6. The summed E-state index contributed by atoms with van der Waals surface area (Å²) in [6.07, 6.45) is 1.32. The fraction of sp³-hybridized carbons (Fsp3) is 0.615. The number of carbonyl (C=O) groups is 2. The lowest BCUT2D eigenvalue weighted by molar-refractivity contribution is -0.129. The Hall–Kier alpha value is -2.53. The molecule has 0 bridgehead atoms. The standard InChI is InChI=1S/C26H39N3O6SSi/c1-16-20(32-6)13-21(35-37(8,9)26(3,4)5)18(23(16)25(31)33-7)14-36-15-19(24-27-17(2)28-34-24)29-12-10-11-22(29)30/h13,19H,10-12,14-15H2,1-9H3. The Morgan fingerprint density at radius 2 is 1.95 bits per heavy atom. The van der Waals surface area contributed by atoms with E-state index in [1.54, 1.807) is 25.8 Å². The number of esters is 1. The zero-order valence-corrected chi connectivity index (χ0v) is 25.2. The second-order valence-corrected chi connectivity index (χ2v) is 16.6. The van der Waals surface area contributed by atoms with E-state index >= 15 is 0 Å². The Balaban J connectivity index is 1.99. The highest BCUT2D eigenvalue weighted by molar-refractivity contribution is 7.98. The molecular formula is C26H39N3O6SSi. The molecule has 1 amide bonds. The summed E-state index contributed by atoms with van der Waals surface area (Å²) in [7, 11) is 0.713. The van der Waals surface area contributed by atoms with Gasteiger partial charge in [0, 0.05) is 41.7 Å². The van der Waals surface area contributed by atoms with E-state index in [0.29, 0.717) is 58.8 Å². The van der Waals surface area contributed by atoms with E-state index in [1.807, 2.05) is 17.9 Å². The summed E-state index contributed by atoms with van der Waals surface area (Å²) in [5, 5.41) is 3.89. The summed E-state index contributed by atoms with van der Waals surface area (Å²) in [5.41, 5.74) is 1.91. The molecule has 1 aromatic carbocycles. The number of nitrogens with zero attached hydrogens (tertiary/aromatic N) is 3. The van der Waals surface area contributed by atoms with E-state index in [4.69, 9.17) is 18.4 Å². The fourth-order valence-corrected chi connectivity index (χ4v) is 6.25. The molecule has 37 heavy (non-hydrogen) atoms. The number of likely N-dealkylation sites (tertiary alicyclic amines) is 1. The number of rotatable bonds is 10. The van der Waals surface area contributed by atoms with Gasteiger partial charge < -0.3 is 23.3 Å². The molecule has 1 atom stereocenters. The van der Waals surface area contributed by atoms with Gasteiger partial charge in [0.15, 0.2) is 5.82 Å². The van der Waals surface area contributed by atoms with Crippen molar-refractivity contribution in [1.29, 1.82) is 0 Å². The van der Waals surface area contributed by atoms with Crippen LogP contribution in [0.25, 0.3) is 0 Å². The highest BCUT2D eigenvalue weighted by Gasteiger charge is 2.40. The monoisotopic (exact) mass is 549 g/mol. The van der Waals surface area contributed by atoms with Crippen LogP contribution in [0.1, 0.15) is 72.9 Å². The number of amides is 1. The van der Waals surface area contributed by atoms with E-state index < -0.39 is 14.3 Å². The number of carbonyl (C=O) groups excluding carboxylic acids is 2. The molecule has 9 nitrogen and oxygen atoms in total. The van der Waals surface area contributed by atoms with Crippen molar-refractivity contribution in [3.05, 3.63) is 34.5 Å². The summed E-state index contributed by atoms with van der Waals surface area (Å²) in [4.78, 5) is 31.8. The first-order chi connectivity index (χ1) is 17.3. The quantitative estimate of drug-likeness (QED) is 0.282. The van der Waals surface area contributed by atoms with Crippen LogP contribution in [-0.4, -0.2) is 61.8 Å². The highest BCUT2D eigenvalue weighted by atomic mass is 32.2. The van der Waals surface area contributed by atoms with Crippen LogP contribution in [0.4, 0.5) is 0 Å². The van der Waals surface area contributed by atoms with Crippen molar-refractivity contribution in [2.45, 2.75) is 77.4 Å². The maximum absolute atomic E-state index is 13.0. The minimum Gasteiger partial charge on any atom is -0.543 e. The van der Waals surface area contributed by atoms with Crippen molar-refractivity contribution in [2.75, 3.05) is 26.5 Å². The van der Waals surface area contributed by atoms with Crippen LogP contribution >= 0.6 is 11.8 Å². The maximum atomic E-state index is 13.0. The number of hydrogen-bond donors (Lipinski definition) is 0. The second-order valence-electron chi connectivity index (χ2n) is 10.8. The lowest BCUT2D eigenvalue weighted by Crippen LogP contribution is -2.44. The predicted octanol–water partition coefficient (Wildman–Crippen LogP) is 5.46. The number of methoxy groups -OCH3 is 2. The van der Waals surface area contributed by atoms with E-state index in [0.717, 1.165) is 12.0 Å². The van der Waals surface area contributed by atoms with E-state index in [2.05, 4.69) is 44.0 Å². The van der Waals surface area contributed by atoms with Crippen molar-refractivity contribution in [2.24, 2.45) is 0 Å². The Kier molecular flexibility index (Phi) is 9.00. The molecule has 1 aliphatic rings. The van der Waals surface area contributed by atoms with Gasteiger partial charge in [-0.2, -0.15) is 16.7 Å². The summed E-state index contributed by atoms with van der Waals surface area (Å²) < 4.78 is 23.0. The van der Waals surface area contributed by atoms with Crippen LogP contribution in [0.3, 0.4) is 0 Å². The minimum atomic E-state index is -2.24. The molecule has 204 valence electrons. The molecule has 1 saturated heterocycles. The van der Waals surface area contributed by atoms with Crippen molar-refractivity contribution in [3.63, 3.8) is 0 Å². The maximum Gasteiger partial charge on any atom is 0.338 e. The zero-order valence-electron chi connectivity index (χ0n) is 23.4. The first-order valence-corrected chi connectivity index (χ1v) is 16.5. The van der Waals surface area contributed by atoms with Gasteiger partial charge in [0.2, 0.25) is 20.1 Å². The van der Waals surface area contributed by atoms with E-state index in [1.165, 1.54) is 7.11 Å². The summed E-state index contributed by atoms with van der Waals surface area (Å²) in [6, 6.07) is 1.54. The Labute approximate surface area is 224 Å². The van der Waals surface area contributed by atoms with Crippen LogP contribution in [0.15, 0.2) is 10.6 Å². The first kappa shape index (κ1) is 29.0. The molecule has 2 heterocycles. The highest BCUT2D eigenvalue weighted by Crippen LogP contribution is 2.43. The van der Waals surface area contributed by atoms with Gasteiger partial charge in [-0.1, -0.05) is 25.9 Å². The molecular weight excluding hydrogens is 510 g/mol. The molecule has 2 aromatic rings. The van der Waals surface area contributed by atoms with Gasteiger partial charge in [-0.05, 0) is 38.4 Å². The van der Waals surface area contributed by atoms with Crippen LogP contribution in [0, 0.1) is 13.8 Å². The van der Waals surface area contributed by atoms with E-state index in [9.17, 15) is 9.59 Å². The number of aryl methyl sites for hydroxylation is 1. The van der Waals surface area contributed by atoms with Crippen molar-refractivity contribution in [1.82, 2.24) is 15.0 Å². The van der Waals surface area contributed by atoms with Crippen molar-refractivity contribution >= 4 is 32.0 Å². The van der Waals surface area contributed by atoms with Gasteiger partial charge in [-0.15, -0.1) is 0 Å². The molecule has 0 N–H and O–H groups in total. The SMILES string of the molecule is COC(=O)c1c(C)c(OC)cc(O[Si](C)(C)C(C)(C)C)c1CSCC(c1nc(C)no1)N1CCCC1=O. The van der Waals surface area contributed by atoms with Gasteiger partial charge in [0.1, 0.15) is 17.5 Å². The molecule has 1 aliphatic heterocycles. The van der Waals surface area contributed by atoms with Crippen LogP contribution < -0.4 is 9.16 Å². The number of aromatic nitrogens is 2. The molecule has 11 heteroatoms. The Bertz CT molecular complexity index is 1140. The molecule has 0 aliphatic carbocycles. The topological polar surface area (TPSA) is 104 Å². The number of benzene rings is 1. The lowest BCUT2D eigenvalue weighted by atomic mass is 10.0. The number of hydrogen-bond acceptors (Lipinski definition) is 9. The smallest absolute Gasteiger partial charge is 0.338 e. The fourth-order valence-electron chi connectivity index (χ4n) is 4.05. The summed E-state index contributed by atoms with van der Waals surface area (Å²) in [6.45, 7) is 15.1. The summed E-state index contributed by atoms with van der Waals surface area (Å²) in [5.74, 6) is 2.79. The second kappa shape index (κ2) is 11.5. The lowest BCUT2D eigenvalue weighted by Gasteiger charge is -2.37. The zero-order chi connectivity index (χ0) is 27.5.